The van der Waals surface area contributed by atoms with Gasteiger partial charge in [0, 0.05) is 12.8 Å². The fraction of sp³-hybridized carbons (Fsp3) is 0.458. The van der Waals surface area contributed by atoms with Crippen LogP contribution in [0.5, 0.6) is 5.75 Å². The molecule has 0 unspecified atom stereocenters. The Morgan fingerprint density at radius 2 is 1.73 bits per heavy atom. The second kappa shape index (κ2) is 10.0. The number of hydrogen-bond donors (Lipinski definition) is 1. The van der Waals surface area contributed by atoms with E-state index in [1.807, 2.05) is 45.9 Å². The van der Waals surface area contributed by atoms with E-state index in [0.717, 1.165) is 17.5 Å². The number of anilines is 1. The van der Waals surface area contributed by atoms with Gasteiger partial charge in [0.05, 0.1) is 24.2 Å². The molecule has 0 radical (unpaired) electrons. The highest BCUT2D eigenvalue weighted by Gasteiger charge is 2.24. The van der Waals surface area contributed by atoms with Crippen molar-refractivity contribution in [3.63, 3.8) is 0 Å². The van der Waals surface area contributed by atoms with Gasteiger partial charge in [-0.2, -0.15) is 0 Å². The molecule has 2 N–H and O–H groups in total. The molecule has 6 heteroatoms. The quantitative estimate of drug-likeness (QED) is 0.334. The van der Waals surface area contributed by atoms with Crippen LogP contribution >= 0.6 is 0 Å². The molecule has 164 valence electrons. The van der Waals surface area contributed by atoms with E-state index in [1.54, 1.807) is 7.11 Å². The third kappa shape index (κ3) is 7.11. The Hall–Kier alpha value is -2.44. The first-order valence-corrected chi connectivity index (χ1v) is 10.1. The van der Waals surface area contributed by atoms with Crippen molar-refractivity contribution >= 4 is 11.7 Å². The van der Waals surface area contributed by atoms with E-state index in [1.165, 1.54) is 24.3 Å². The lowest BCUT2D eigenvalue weighted by Crippen LogP contribution is -2.28. The number of carbonyl (C=O) groups is 1. The molecule has 0 aromatic heterocycles. The number of nitrogen functional groups attached to an aromatic ring is 1. The number of ether oxygens (including phenoxy) is 3. The summed E-state index contributed by atoms with van der Waals surface area (Å²) in [6.45, 7) is 8.61. The number of methoxy groups -OCH3 is 1. The molecule has 0 saturated heterocycles. The largest absolute Gasteiger partial charge is 0.427 e. The second-order valence-corrected chi connectivity index (χ2v) is 8.41. The van der Waals surface area contributed by atoms with Gasteiger partial charge in [-0.25, -0.2) is 4.39 Å². The van der Waals surface area contributed by atoms with Gasteiger partial charge < -0.3 is 19.9 Å². The molecule has 0 fully saturated rings. The maximum Gasteiger partial charge on any atom is 0.311 e. The van der Waals surface area contributed by atoms with Crippen LogP contribution < -0.4 is 10.5 Å². The number of rotatable bonds is 10. The van der Waals surface area contributed by atoms with Gasteiger partial charge in [-0.1, -0.05) is 12.1 Å². The lowest BCUT2D eigenvalue weighted by molar-refractivity contribution is -0.134. The van der Waals surface area contributed by atoms with E-state index in [9.17, 15) is 9.18 Å². The number of aryl methyl sites for hydroxylation is 1. The summed E-state index contributed by atoms with van der Waals surface area (Å²) in [5.74, 6) is -0.463. The van der Waals surface area contributed by atoms with Crippen LogP contribution in [0.1, 0.15) is 51.7 Å². The third-order valence-corrected chi connectivity index (χ3v) is 5.20. The van der Waals surface area contributed by atoms with E-state index in [2.05, 4.69) is 0 Å². The van der Waals surface area contributed by atoms with Crippen LogP contribution in [0.25, 0.3) is 0 Å². The Labute approximate surface area is 178 Å². The van der Waals surface area contributed by atoms with Crippen LogP contribution in [-0.4, -0.2) is 25.3 Å². The molecule has 2 aromatic carbocycles. The fourth-order valence-electron chi connectivity index (χ4n) is 2.86. The lowest BCUT2D eigenvalue weighted by atomic mass is 9.93. The maximum absolute atomic E-state index is 13.0. The molecule has 0 amide bonds. The molecule has 0 spiro atoms. The number of halogens is 1. The highest BCUT2D eigenvalue weighted by atomic mass is 19.1. The van der Waals surface area contributed by atoms with Crippen LogP contribution in [0.4, 0.5) is 10.1 Å². The molecule has 0 atom stereocenters. The molecule has 0 heterocycles. The number of hydrogen-bond acceptors (Lipinski definition) is 5. The van der Waals surface area contributed by atoms with Gasteiger partial charge in [0.15, 0.2) is 0 Å². The number of benzene rings is 2. The number of carbonyl (C=O) groups excluding carboxylic acids is 1. The van der Waals surface area contributed by atoms with E-state index in [-0.39, 0.29) is 17.8 Å². The molecule has 5 nitrogen and oxygen atoms in total. The summed E-state index contributed by atoms with van der Waals surface area (Å²) in [6.07, 6.45) is 1.37. The Morgan fingerprint density at radius 1 is 1.07 bits per heavy atom. The highest BCUT2D eigenvalue weighted by molar-refractivity contribution is 5.73. The fourth-order valence-corrected chi connectivity index (χ4v) is 2.86. The smallest absolute Gasteiger partial charge is 0.311 e. The Balaban J connectivity index is 1.98. The van der Waals surface area contributed by atoms with Gasteiger partial charge in [-0.3, -0.25) is 4.79 Å². The van der Waals surface area contributed by atoms with Crippen molar-refractivity contribution in [1.82, 2.24) is 0 Å². The second-order valence-electron chi connectivity index (χ2n) is 8.41. The summed E-state index contributed by atoms with van der Waals surface area (Å²) >= 11 is 0. The van der Waals surface area contributed by atoms with E-state index < -0.39 is 11.6 Å². The Morgan fingerprint density at radius 3 is 2.37 bits per heavy atom. The zero-order valence-corrected chi connectivity index (χ0v) is 18.5. The summed E-state index contributed by atoms with van der Waals surface area (Å²) in [7, 11) is 1.69. The monoisotopic (exact) mass is 417 g/mol. The molecule has 2 aromatic rings. The van der Waals surface area contributed by atoms with Crippen molar-refractivity contribution in [3.8, 4) is 5.75 Å². The van der Waals surface area contributed by atoms with Crippen molar-refractivity contribution in [2.24, 2.45) is 0 Å². The van der Waals surface area contributed by atoms with Crippen molar-refractivity contribution in [2.45, 2.75) is 58.2 Å². The molecule has 0 aliphatic rings. The lowest BCUT2D eigenvalue weighted by Gasteiger charge is -2.29. The van der Waals surface area contributed by atoms with E-state index >= 15 is 0 Å². The van der Waals surface area contributed by atoms with Crippen molar-refractivity contribution in [2.75, 3.05) is 19.5 Å². The van der Waals surface area contributed by atoms with Gasteiger partial charge in [-0.15, -0.1) is 0 Å². The van der Waals surface area contributed by atoms with Gasteiger partial charge in [0.2, 0.25) is 0 Å². The topological polar surface area (TPSA) is 70.8 Å². The predicted octanol–water partition coefficient (Wildman–Crippen LogP) is 5.01. The number of nitrogens with two attached hydrogens (primary N) is 1. The first-order chi connectivity index (χ1) is 14.0. The van der Waals surface area contributed by atoms with Crippen LogP contribution in [0.3, 0.4) is 0 Å². The summed E-state index contributed by atoms with van der Waals surface area (Å²) in [5.41, 5.74) is 7.81. The minimum atomic E-state index is -0.513. The summed E-state index contributed by atoms with van der Waals surface area (Å²) in [6, 6.07) is 11.1. The van der Waals surface area contributed by atoms with E-state index in [0.29, 0.717) is 24.5 Å². The molecular weight excluding hydrogens is 385 g/mol. The number of esters is 1. The van der Waals surface area contributed by atoms with Crippen molar-refractivity contribution in [3.05, 3.63) is 59.4 Å². The van der Waals surface area contributed by atoms with Crippen LogP contribution in [0.15, 0.2) is 42.5 Å². The predicted molar refractivity (Wildman–Crippen MR) is 116 cm³/mol. The van der Waals surface area contributed by atoms with Crippen LogP contribution in [0, 0.1) is 5.82 Å². The first kappa shape index (κ1) is 23.8. The molecule has 0 aliphatic heterocycles. The Bertz CT molecular complexity index is 847. The highest BCUT2D eigenvalue weighted by Crippen LogP contribution is 2.29. The van der Waals surface area contributed by atoms with Crippen LogP contribution in [0.2, 0.25) is 0 Å². The minimum Gasteiger partial charge on any atom is -0.427 e. The molecule has 0 aliphatic carbocycles. The Kier molecular flexibility index (Phi) is 7.98. The zero-order chi connectivity index (χ0) is 22.4. The molecule has 30 heavy (non-hydrogen) atoms. The van der Waals surface area contributed by atoms with Gasteiger partial charge in [0.25, 0.3) is 0 Å². The average molecular weight is 418 g/mol. The molecule has 2 rings (SSSR count). The molecule has 0 saturated carbocycles. The normalized spacial score (nSPS) is 12.1. The summed E-state index contributed by atoms with van der Waals surface area (Å²) in [4.78, 5) is 12.1. The maximum atomic E-state index is 13.0. The van der Waals surface area contributed by atoms with Gasteiger partial charge in [-0.05, 0) is 82.0 Å². The van der Waals surface area contributed by atoms with Gasteiger partial charge >= 0.3 is 5.97 Å². The third-order valence-electron chi connectivity index (χ3n) is 5.20. The first-order valence-electron chi connectivity index (χ1n) is 10.1. The van der Waals surface area contributed by atoms with E-state index in [4.69, 9.17) is 19.9 Å². The zero-order valence-electron chi connectivity index (χ0n) is 18.5. The SMILES string of the molecule is COC(C)(C)CCOC(C)(C)c1ccc(N)c(CCC(=O)Oc2ccc(F)cc2)c1. The minimum absolute atomic E-state index is 0.161. The standard InChI is InChI=1S/C24H32FNO4/c1-23(2,28-5)14-15-29-24(3,4)18-7-12-21(26)17(16-18)6-13-22(27)30-20-10-8-19(25)9-11-20/h7-12,16H,6,13-15,26H2,1-5H3. The van der Waals surface area contributed by atoms with Gasteiger partial charge in [0.1, 0.15) is 11.6 Å². The average Bonchev–Trinajstić information content (AvgIpc) is 2.68. The summed E-state index contributed by atoms with van der Waals surface area (Å²) in [5, 5.41) is 0. The molecular formula is C24H32FNO4. The summed E-state index contributed by atoms with van der Waals surface area (Å²) < 4.78 is 29.8. The van der Waals surface area contributed by atoms with Crippen molar-refractivity contribution < 1.29 is 23.4 Å². The molecule has 0 bridgehead atoms. The van der Waals surface area contributed by atoms with Crippen LogP contribution in [-0.2, 0) is 26.3 Å². The van der Waals surface area contributed by atoms with Crippen molar-refractivity contribution in [1.29, 1.82) is 0 Å².